The lowest BCUT2D eigenvalue weighted by molar-refractivity contribution is 0.0713. The molecule has 0 saturated carbocycles. The van der Waals surface area contributed by atoms with E-state index in [-0.39, 0.29) is 16.9 Å². The Bertz CT molecular complexity index is 257. The van der Waals surface area contributed by atoms with Crippen LogP contribution in [0.15, 0.2) is 4.99 Å². The van der Waals surface area contributed by atoms with Crippen molar-refractivity contribution in [3.8, 4) is 0 Å². The number of aliphatic imine (C=N–C) groups is 1. The first-order chi connectivity index (χ1) is 7.58. The summed E-state index contributed by atoms with van der Waals surface area (Å²) in [5, 5.41) is 0. The molecule has 0 aliphatic carbocycles. The Balaban J connectivity index is 2.22. The third-order valence-corrected chi connectivity index (χ3v) is 3.27. The highest BCUT2D eigenvalue weighted by molar-refractivity contribution is 8.17. The molecular weight excluding hydrogens is 237 g/mol. The van der Waals surface area contributed by atoms with Crippen molar-refractivity contribution in [3.63, 3.8) is 0 Å². The predicted octanol–water partition coefficient (Wildman–Crippen LogP) is 3.24. The van der Waals surface area contributed by atoms with Crippen molar-refractivity contribution in [2.24, 2.45) is 4.99 Å². The van der Waals surface area contributed by atoms with Crippen LogP contribution in [0.3, 0.4) is 0 Å². The van der Waals surface area contributed by atoms with Gasteiger partial charge in [-0.2, -0.15) is 0 Å². The number of alkyl halides is 1. The molecule has 0 spiro atoms. The zero-order valence-corrected chi connectivity index (χ0v) is 10.4. The zero-order valence-electron chi connectivity index (χ0n) is 9.84. The molecule has 0 amide bonds. The summed E-state index contributed by atoms with van der Waals surface area (Å²) >= 11 is 6.84. The number of unbranched alkanes of at least 4 members (excludes halogenated alkanes) is 2. The van der Waals surface area contributed by atoms with Gasteiger partial charge >= 0.3 is 0 Å². The second-order valence-corrected chi connectivity index (χ2v) is 4.94. The maximum absolute atomic E-state index is 13.7. The Hall–Kier alpha value is 0.200. The van der Waals surface area contributed by atoms with E-state index in [1.165, 1.54) is 11.8 Å². The molecule has 0 aromatic heterocycles. The summed E-state index contributed by atoms with van der Waals surface area (Å²) < 4.78 is 26.9. The standard InChI is InChI=1S/C10H17ClFNOS/c1-2-3-4-5-14-6-8(12)9-7-15-10(11)13-9/h8-9H,2-7H2,1H3/i9D. The van der Waals surface area contributed by atoms with E-state index in [0.717, 1.165) is 19.3 Å². The van der Waals surface area contributed by atoms with E-state index in [4.69, 9.17) is 17.7 Å². The lowest BCUT2D eigenvalue weighted by atomic mass is 10.2. The van der Waals surface area contributed by atoms with Crippen LogP contribution in [-0.4, -0.2) is 35.7 Å². The fraction of sp³-hybridized carbons (Fsp3) is 0.900. The normalized spacial score (nSPS) is 28.7. The van der Waals surface area contributed by atoms with Gasteiger partial charge in [0.2, 0.25) is 0 Å². The average molecular weight is 255 g/mol. The van der Waals surface area contributed by atoms with Crippen molar-refractivity contribution in [1.82, 2.24) is 0 Å². The van der Waals surface area contributed by atoms with Crippen molar-refractivity contribution in [1.29, 1.82) is 0 Å². The smallest absolute Gasteiger partial charge is 0.158 e. The van der Waals surface area contributed by atoms with Crippen LogP contribution in [0, 0.1) is 0 Å². The summed E-state index contributed by atoms with van der Waals surface area (Å²) in [7, 11) is 0. The molecule has 1 aliphatic heterocycles. The molecule has 5 heteroatoms. The highest BCUT2D eigenvalue weighted by Gasteiger charge is 2.26. The number of rotatable bonds is 7. The Labute approximate surface area is 101 Å². The van der Waals surface area contributed by atoms with Crippen LogP contribution in [0.4, 0.5) is 4.39 Å². The third-order valence-electron chi connectivity index (χ3n) is 2.09. The third kappa shape index (κ3) is 5.18. The molecule has 0 radical (unpaired) electrons. The van der Waals surface area contributed by atoms with E-state index >= 15 is 0 Å². The Morgan fingerprint density at radius 2 is 2.60 bits per heavy atom. The molecule has 88 valence electrons. The highest BCUT2D eigenvalue weighted by Crippen LogP contribution is 2.24. The van der Waals surface area contributed by atoms with Crippen molar-refractivity contribution in [2.75, 3.05) is 19.0 Å². The summed E-state index contributed by atoms with van der Waals surface area (Å²) in [6.45, 7) is 2.58. The zero-order chi connectivity index (χ0) is 12.0. The van der Waals surface area contributed by atoms with Crippen LogP contribution in [0.2, 0.25) is 0 Å². The van der Waals surface area contributed by atoms with E-state index in [9.17, 15) is 4.39 Å². The number of thioether (sulfide) groups is 1. The molecule has 0 aromatic rings. The van der Waals surface area contributed by atoms with Gasteiger partial charge in [-0.05, 0) is 6.42 Å². The van der Waals surface area contributed by atoms with Crippen molar-refractivity contribution in [2.45, 2.75) is 38.4 Å². The van der Waals surface area contributed by atoms with Crippen LogP contribution in [0.5, 0.6) is 0 Å². The van der Waals surface area contributed by atoms with Crippen molar-refractivity contribution < 1.29 is 10.5 Å². The maximum atomic E-state index is 13.7. The van der Waals surface area contributed by atoms with E-state index in [0.29, 0.717) is 6.61 Å². The largest absolute Gasteiger partial charge is 0.378 e. The maximum Gasteiger partial charge on any atom is 0.158 e. The molecule has 2 nitrogen and oxygen atoms in total. The van der Waals surface area contributed by atoms with Gasteiger partial charge in [0.25, 0.3) is 0 Å². The quantitative estimate of drug-likeness (QED) is 0.651. The second-order valence-electron chi connectivity index (χ2n) is 3.39. The van der Waals surface area contributed by atoms with E-state index < -0.39 is 12.2 Å². The number of nitrogens with zero attached hydrogens (tertiary/aromatic N) is 1. The number of hydrogen-bond acceptors (Lipinski definition) is 3. The number of ether oxygens (including phenoxy) is 1. The van der Waals surface area contributed by atoms with Crippen LogP contribution in [0.25, 0.3) is 0 Å². The average Bonchev–Trinajstić information content (AvgIpc) is 2.59. The van der Waals surface area contributed by atoms with Gasteiger partial charge in [-0.15, -0.1) is 0 Å². The molecule has 0 aromatic carbocycles. The van der Waals surface area contributed by atoms with Crippen LogP contribution < -0.4 is 0 Å². The summed E-state index contributed by atoms with van der Waals surface area (Å²) in [6, 6.07) is -1.45. The Morgan fingerprint density at radius 3 is 3.20 bits per heavy atom. The summed E-state index contributed by atoms with van der Waals surface area (Å²) in [6.07, 6.45) is 1.73. The van der Waals surface area contributed by atoms with Gasteiger partial charge in [0.1, 0.15) is 6.17 Å². The molecule has 2 unspecified atom stereocenters. The lowest BCUT2D eigenvalue weighted by Crippen LogP contribution is -2.25. The fourth-order valence-electron chi connectivity index (χ4n) is 1.21. The van der Waals surface area contributed by atoms with Gasteiger partial charge in [0, 0.05) is 12.4 Å². The Morgan fingerprint density at radius 1 is 1.80 bits per heavy atom. The molecular formula is C10H17ClFNOS. The van der Waals surface area contributed by atoms with Crippen LogP contribution >= 0.6 is 23.4 Å². The number of hydrogen-bond donors (Lipinski definition) is 0. The minimum Gasteiger partial charge on any atom is -0.378 e. The molecule has 15 heavy (non-hydrogen) atoms. The fourth-order valence-corrected chi connectivity index (χ4v) is 2.17. The van der Waals surface area contributed by atoms with Crippen molar-refractivity contribution in [3.05, 3.63) is 0 Å². The molecule has 1 heterocycles. The first kappa shape index (κ1) is 11.7. The molecule has 1 rings (SSSR count). The highest BCUT2D eigenvalue weighted by atomic mass is 35.5. The first-order valence-corrected chi connectivity index (χ1v) is 6.55. The first-order valence-electron chi connectivity index (χ1n) is 5.68. The van der Waals surface area contributed by atoms with E-state index in [1.54, 1.807) is 0 Å². The SMILES string of the molecule is [2H]C1(C(F)COCCCCC)CSC(Cl)=N1. The molecule has 0 N–H and O–H groups in total. The molecule has 0 fully saturated rings. The predicted molar refractivity (Wildman–Crippen MR) is 64.8 cm³/mol. The van der Waals surface area contributed by atoms with Gasteiger partial charge in [0.05, 0.1) is 14.0 Å². The van der Waals surface area contributed by atoms with Gasteiger partial charge in [-0.1, -0.05) is 43.1 Å². The van der Waals surface area contributed by atoms with Crippen LogP contribution in [0.1, 0.15) is 27.6 Å². The molecule has 0 bridgehead atoms. The van der Waals surface area contributed by atoms with Gasteiger partial charge in [-0.25, -0.2) is 4.39 Å². The van der Waals surface area contributed by atoms with Gasteiger partial charge in [-0.3, -0.25) is 4.99 Å². The minimum atomic E-state index is -1.45. The summed E-state index contributed by atoms with van der Waals surface area (Å²) in [4.78, 5) is 3.79. The van der Waals surface area contributed by atoms with Crippen LogP contribution in [-0.2, 0) is 4.74 Å². The molecule has 1 aliphatic rings. The molecule has 0 saturated heterocycles. The second kappa shape index (κ2) is 7.47. The van der Waals surface area contributed by atoms with Gasteiger partial charge < -0.3 is 4.74 Å². The summed E-state index contributed by atoms with van der Waals surface area (Å²) in [5.41, 5.74) is 0. The lowest BCUT2D eigenvalue weighted by Gasteiger charge is -2.12. The monoisotopic (exact) mass is 254 g/mol. The topological polar surface area (TPSA) is 21.6 Å². The van der Waals surface area contributed by atoms with E-state index in [2.05, 4.69) is 11.9 Å². The minimum absolute atomic E-state index is 0.0680. The number of halogens is 2. The van der Waals surface area contributed by atoms with Crippen molar-refractivity contribution >= 4 is 27.9 Å². The molecule has 2 atom stereocenters. The van der Waals surface area contributed by atoms with E-state index in [1.807, 2.05) is 0 Å². The van der Waals surface area contributed by atoms with Gasteiger partial charge in [0.15, 0.2) is 4.50 Å². The summed E-state index contributed by atoms with van der Waals surface area (Å²) in [5.74, 6) is 0.269. The Kier molecular flexibility index (Phi) is 5.82.